The van der Waals surface area contributed by atoms with Gasteiger partial charge in [-0.1, -0.05) is 37.2 Å². The number of nitrogens with zero attached hydrogens (tertiary/aromatic N) is 3. The summed E-state index contributed by atoms with van der Waals surface area (Å²) in [7, 11) is 1.54. The molecule has 2 heterocycles. The maximum atomic E-state index is 12.9. The highest BCUT2D eigenvalue weighted by Gasteiger charge is 2.23. The van der Waals surface area contributed by atoms with Gasteiger partial charge in [-0.25, -0.2) is 0 Å². The van der Waals surface area contributed by atoms with Crippen molar-refractivity contribution in [3.8, 4) is 5.75 Å². The molecular formula is C21H25ClN4O3S. The van der Waals surface area contributed by atoms with Crippen molar-refractivity contribution in [2.45, 2.75) is 50.6 Å². The van der Waals surface area contributed by atoms with Gasteiger partial charge in [-0.2, -0.15) is 0 Å². The molecule has 9 heteroatoms. The van der Waals surface area contributed by atoms with Crippen LogP contribution in [0.3, 0.4) is 0 Å². The van der Waals surface area contributed by atoms with E-state index in [1.807, 2.05) is 30.5 Å². The van der Waals surface area contributed by atoms with Gasteiger partial charge in [0.05, 0.1) is 30.9 Å². The minimum atomic E-state index is -0.412. The second-order valence-corrected chi connectivity index (χ2v) is 8.93. The Morgan fingerprint density at radius 3 is 2.73 bits per heavy atom. The van der Waals surface area contributed by atoms with Crippen LogP contribution in [0.4, 0.5) is 5.69 Å². The number of hydrogen-bond donors (Lipinski definition) is 1. The number of amides is 1. The first-order valence-electron chi connectivity index (χ1n) is 9.57. The molecule has 30 heavy (non-hydrogen) atoms. The number of furan rings is 1. The lowest BCUT2D eigenvalue weighted by atomic mass is 10.2. The van der Waals surface area contributed by atoms with E-state index in [-0.39, 0.29) is 11.8 Å². The van der Waals surface area contributed by atoms with Gasteiger partial charge in [0, 0.05) is 17.0 Å². The van der Waals surface area contributed by atoms with Gasteiger partial charge in [0.1, 0.15) is 17.3 Å². The van der Waals surface area contributed by atoms with Gasteiger partial charge in [-0.15, -0.1) is 10.2 Å². The molecule has 0 aliphatic heterocycles. The average molecular weight is 449 g/mol. The highest BCUT2D eigenvalue weighted by atomic mass is 35.5. The molecule has 0 aliphatic carbocycles. The number of anilines is 1. The molecule has 7 nitrogen and oxygen atoms in total. The minimum absolute atomic E-state index is 0.168. The lowest BCUT2D eigenvalue weighted by Gasteiger charge is -2.16. The second kappa shape index (κ2) is 9.57. The van der Waals surface area contributed by atoms with Crippen molar-refractivity contribution in [2.75, 3.05) is 12.4 Å². The number of ether oxygens (including phenoxy) is 1. The normalized spacial score (nSPS) is 12.2. The molecule has 0 saturated heterocycles. The molecule has 1 atom stereocenters. The van der Waals surface area contributed by atoms with E-state index in [4.69, 9.17) is 20.8 Å². The molecule has 3 aromatic rings. The number of aromatic nitrogens is 3. The first kappa shape index (κ1) is 22.2. The predicted octanol–water partition coefficient (Wildman–Crippen LogP) is 5.13. The van der Waals surface area contributed by atoms with Crippen LogP contribution in [0.1, 0.15) is 43.8 Å². The number of carbonyl (C=O) groups excluding carboxylic acids is 1. The summed E-state index contributed by atoms with van der Waals surface area (Å²) in [6.07, 6.45) is 1.64. The fourth-order valence-corrected chi connectivity index (χ4v) is 3.91. The lowest BCUT2D eigenvalue weighted by Crippen LogP contribution is -2.23. The Labute approximate surface area is 185 Å². The molecule has 0 spiro atoms. The standard InChI is InChI=1S/C21H25ClN4O3S/c1-12(2)19-24-25-21(26(19)11-15-7-6-8-29-15)30-14(4)20(27)23-17-9-13(3)16(22)10-18(17)28-5/h6-10,12,14H,11H2,1-5H3,(H,23,27). The Morgan fingerprint density at radius 2 is 2.10 bits per heavy atom. The molecule has 1 amide bonds. The van der Waals surface area contributed by atoms with E-state index in [1.54, 1.807) is 25.5 Å². The van der Waals surface area contributed by atoms with Crippen molar-refractivity contribution in [3.63, 3.8) is 0 Å². The molecule has 1 aromatic carbocycles. The molecule has 0 saturated carbocycles. The van der Waals surface area contributed by atoms with Crippen molar-refractivity contribution < 1.29 is 13.9 Å². The second-order valence-electron chi connectivity index (χ2n) is 7.21. The van der Waals surface area contributed by atoms with E-state index in [9.17, 15) is 4.79 Å². The van der Waals surface area contributed by atoms with Crippen LogP contribution in [0.15, 0.2) is 40.1 Å². The number of thioether (sulfide) groups is 1. The number of aryl methyl sites for hydroxylation is 1. The number of nitrogens with one attached hydrogen (secondary N) is 1. The Bertz CT molecular complexity index is 1020. The molecular weight excluding hydrogens is 424 g/mol. The van der Waals surface area contributed by atoms with Crippen molar-refractivity contribution >= 4 is 35.0 Å². The van der Waals surface area contributed by atoms with E-state index in [0.29, 0.717) is 28.2 Å². The van der Waals surface area contributed by atoms with Gasteiger partial charge >= 0.3 is 0 Å². The van der Waals surface area contributed by atoms with Crippen LogP contribution in [-0.4, -0.2) is 33.0 Å². The summed E-state index contributed by atoms with van der Waals surface area (Å²) < 4.78 is 12.8. The van der Waals surface area contributed by atoms with Crippen molar-refractivity contribution in [2.24, 2.45) is 0 Å². The third-order valence-corrected chi connectivity index (χ3v) is 6.03. The minimum Gasteiger partial charge on any atom is -0.495 e. The summed E-state index contributed by atoms with van der Waals surface area (Å²) in [4.78, 5) is 12.9. The third-order valence-electron chi connectivity index (χ3n) is 4.55. The highest BCUT2D eigenvalue weighted by molar-refractivity contribution is 8.00. The molecule has 0 fully saturated rings. The van der Waals surface area contributed by atoms with E-state index in [2.05, 4.69) is 29.4 Å². The summed E-state index contributed by atoms with van der Waals surface area (Å²) in [5.74, 6) is 2.18. The highest BCUT2D eigenvalue weighted by Crippen LogP contribution is 2.32. The van der Waals surface area contributed by atoms with Crippen molar-refractivity contribution in [1.82, 2.24) is 14.8 Å². The molecule has 0 bridgehead atoms. The molecule has 1 N–H and O–H groups in total. The summed E-state index contributed by atoms with van der Waals surface area (Å²) in [5.41, 5.74) is 1.43. The van der Waals surface area contributed by atoms with Crippen LogP contribution >= 0.6 is 23.4 Å². The SMILES string of the molecule is COc1cc(Cl)c(C)cc1NC(=O)C(C)Sc1nnc(C(C)C)n1Cc1ccco1. The maximum absolute atomic E-state index is 12.9. The topological polar surface area (TPSA) is 82.2 Å². The van der Waals surface area contributed by atoms with Gasteiger partial charge < -0.3 is 14.5 Å². The molecule has 160 valence electrons. The summed E-state index contributed by atoms with van der Waals surface area (Å²) in [6, 6.07) is 7.24. The van der Waals surface area contributed by atoms with E-state index < -0.39 is 5.25 Å². The molecule has 2 aromatic heterocycles. The number of hydrogen-bond acceptors (Lipinski definition) is 6. The Hall–Kier alpha value is -2.45. The zero-order valence-electron chi connectivity index (χ0n) is 17.6. The van der Waals surface area contributed by atoms with Crippen LogP contribution in [0.5, 0.6) is 5.75 Å². The van der Waals surface area contributed by atoms with Crippen LogP contribution in [0.2, 0.25) is 5.02 Å². The summed E-state index contributed by atoms with van der Waals surface area (Å²) in [6.45, 7) is 8.33. The smallest absolute Gasteiger partial charge is 0.237 e. The van der Waals surface area contributed by atoms with Gasteiger partial charge in [0.25, 0.3) is 0 Å². The van der Waals surface area contributed by atoms with Crippen LogP contribution < -0.4 is 10.1 Å². The zero-order valence-corrected chi connectivity index (χ0v) is 19.2. The Kier molecular flexibility index (Phi) is 7.10. The van der Waals surface area contributed by atoms with Crippen molar-refractivity contribution in [1.29, 1.82) is 0 Å². The quantitative estimate of drug-likeness (QED) is 0.481. The Balaban J connectivity index is 1.78. The maximum Gasteiger partial charge on any atom is 0.237 e. The first-order chi connectivity index (χ1) is 14.3. The summed E-state index contributed by atoms with van der Waals surface area (Å²) >= 11 is 7.50. The molecule has 0 radical (unpaired) electrons. The van der Waals surface area contributed by atoms with Gasteiger partial charge in [0.15, 0.2) is 5.16 Å². The van der Waals surface area contributed by atoms with Crippen LogP contribution in [-0.2, 0) is 11.3 Å². The number of benzene rings is 1. The van der Waals surface area contributed by atoms with E-state index >= 15 is 0 Å². The Morgan fingerprint density at radius 1 is 1.33 bits per heavy atom. The number of halogens is 1. The lowest BCUT2D eigenvalue weighted by molar-refractivity contribution is -0.115. The first-order valence-corrected chi connectivity index (χ1v) is 10.8. The van der Waals surface area contributed by atoms with E-state index in [0.717, 1.165) is 17.1 Å². The fourth-order valence-electron chi connectivity index (χ4n) is 2.90. The molecule has 3 rings (SSSR count). The van der Waals surface area contributed by atoms with Gasteiger partial charge in [-0.05, 0) is 37.6 Å². The molecule has 1 unspecified atom stereocenters. The van der Waals surface area contributed by atoms with Crippen LogP contribution in [0, 0.1) is 6.92 Å². The predicted molar refractivity (Wildman–Crippen MR) is 119 cm³/mol. The van der Waals surface area contributed by atoms with Crippen molar-refractivity contribution in [3.05, 3.63) is 52.7 Å². The fraction of sp³-hybridized carbons (Fsp3) is 0.381. The largest absolute Gasteiger partial charge is 0.495 e. The number of carbonyl (C=O) groups is 1. The summed E-state index contributed by atoms with van der Waals surface area (Å²) in [5, 5.41) is 12.4. The number of rotatable bonds is 8. The third kappa shape index (κ3) is 4.99. The van der Waals surface area contributed by atoms with Gasteiger partial charge in [0.2, 0.25) is 5.91 Å². The molecule has 0 aliphatic rings. The van der Waals surface area contributed by atoms with E-state index in [1.165, 1.54) is 11.8 Å². The van der Waals surface area contributed by atoms with Crippen LogP contribution in [0.25, 0.3) is 0 Å². The zero-order chi connectivity index (χ0) is 21.8. The monoisotopic (exact) mass is 448 g/mol. The number of methoxy groups -OCH3 is 1. The van der Waals surface area contributed by atoms with Gasteiger partial charge in [-0.3, -0.25) is 9.36 Å². The average Bonchev–Trinajstić information content (AvgIpc) is 3.35.